The SMILES string of the molecule is CC(CCO)CC(=O)OC1CCCC(N)C1. The van der Waals surface area contributed by atoms with E-state index in [1.54, 1.807) is 0 Å². The lowest BCUT2D eigenvalue weighted by Gasteiger charge is -2.26. The number of rotatable bonds is 5. The molecule has 1 aliphatic rings. The second-order valence-corrected chi connectivity index (χ2v) is 4.86. The van der Waals surface area contributed by atoms with Gasteiger partial charge in [-0.1, -0.05) is 6.92 Å². The molecule has 0 aromatic heterocycles. The molecule has 0 bridgehead atoms. The molecule has 0 saturated heterocycles. The fourth-order valence-electron chi connectivity index (χ4n) is 2.13. The van der Waals surface area contributed by atoms with Gasteiger partial charge in [-0.05, 0) is 38.0 Å². The molecule has 1 fully saturated rings. The second-order valence-electron chi connectivity index (χ2n) is 4.86. The number of ether oxygens (including phenoxy) is 1. The van der Waals surface area contributed by atoms with Crippen LogP contribution in [0.25, 0.3) is 0 Å². The summed E-state index contributed by atoms with van der Waals surface area (Å²) in [5.41, 5.74) is 5.83. The molecule has 4 nitrogen and oxygen atoms in total. The Bertz CT molecular complexity index is 220. The fourth-order valence-corrected chi connectivity index (χ4v) is 2.13. The third-order valence-corrected chi connectivity index (χ3v) is 3.10. The third-order valence-electron chi connectivity index (χ3n) is 3.10. The van der Waals surface area contributed by atoms with Gasteiger partial charge in [0, 0.05) is 19.1 Å². The Labute approximate surface area is 97.2 Å². The summed E-state index contributed by atoms with van der Waals surface area (Å²) < 4.78 is 5.38. The van der Waals surface area contributed by atoms with E-state index >= 15 is 0 Å². The summed E-state index contributed by atoms with van der Waals surface area (Å²) in [6.07, 6.45) is 4.87. The smallest absolute Gasteiger partial charge is 0.306 e. The van der Waals surface area contributed by atoms with Gasteiger partial charge in [0.25, 0.3) is 0 Å². The molecular formula is C12H23NO3. The molecule has 0 radical (unpaired) electrons. The molecule has 94 valence electrons. The second kappa shape index (κ2) is 6.86. The number of hydrogen-bond donors (Lipinski definition) is 2. The van der Waals surface area contributed by atoms with E-state index in [0.29, 0.717) is 12.8 Å². The number of carbonyl (C=O) groups is 1. The summed E-state index contributed by atoms with van der Waals surface area (Å²) in [5, 5.41) is 8.74. The van der Waals surface area contributed by atoms with Crippen LogP contribution in [-0.2, 0) is 9.53 Å². The fraction of sp³-hybridized carbons (Fsp3) is 0.917. The molecule has 0 heterocycles. The molecule has 0 amide bonds. The highest BCUT2D eigenvalue weighted by Crippen LogP contribution is 2.21. The van der Waals surface area contributed by atoms with Crippen molar-refractivity contribution in [2.45, 2.75) is 57.6 Å². The lowest BCUT2D eigenvalue weighted by Crippen LogP contribution is -2.33. The predicted octanol–water partition coefficient (Wildman–Crippen LogP) is 1.21. The van der Waals surface area contributed by atoms with Crippen LogP contribution in [-0.4, -0.2) is 29.8 Å². The lowest BCUT2D eigenvalue weighted by molar-refractivity contribution is -0.151. The maximum Gasteiger partial charge on any atom is 0.306 e. The summed E-state index contributed by atoms with van der Waals surface area (Å²) in [5.74, 6) is 0.0369. The minimum atomic E-state index is -0.153. The van der Waals surface area contributed by atoms with Crippen molar-refractivity contribution in [3.05, 3.63) is 0 Å². The summed E-state index contributed by atoms with van der Waals surface area (Å²) in [4.78, 5) is 11.6. The van der Waals surface area contributed by atoms with E-state index in [0.717, 1.165) is 25.7 Å². The summed E-state index contributed by atoms with van der Waals surface area (Å²) >= 11 is 0. The number of aliphatic hydroxyl groups is 1. The van der Waals surface area contributed by atoms with Crippen LogP contribution in [0.3, 0.4) is 0 Å². The molecule has 1 rings (SSSR count). The topological polar surface area (TPSA) is 72.5 Å². The number of carbonyl (C=O) groups excluding carboxylic acids is 1. The van der Waals surface area contributed by atoms with E-state index in [1.165, 1.54) is 0 Å². The van der Waals surface area contributed by atoms with E-state index in [2.05, 4.69) is 0 Å². The maximum absolute atomic E-state index is 11.6. The van der Waals surface area contributed by atoms with Gasteiger partial charge in [0.1, 0.15) is 6.10 Å². The molecule has 3 N–H and O–H groups in total. The van der Waals surface area contributed by atoms with Gasteiger partial charge in [-0.25, -0.2) is 0 Å². The number of hydrogen-bond acceptors (Lipinski definition) is 4. The minimum absolute atomic E-state index is 0.0116. The third kappa shape index (κ3) is 4.94. The Morgan fingerprint density at radius 3 is 2.94 bits per heavy atom. The normalized spacial score (nSPS) is 27.4. The van der Waals surface area contributed by atoms with Crippen LogP contribution in [0.2, 0.25) is 0 Å². The molecule has 0 aromatic rings. The van der Waals surface area contributed by atoms with Crippen LogP contribution >= 0.6 is 0 Å². The average Bonchev–Trinajstić information content (AvgIpc) is 2.17. The van der Waals surface area contributed by atoms with Crippen LogP contribution in [0, 0.1) is 5.92 Å². The molecule has 16 heavy (non-hydrogen) atoms. The average molecular weight is 229 g/mol. The Hall–Kier alpha value is -0.610. The molecule has 0 aliphatic heterocycles. The van der Waals surface area contributed by atoms with Gasteiger partial charge in [0.05, 0.1) is 0 Å². The number of aliphatic hydroxyl groups excluding tert-OH is 1. The molecule has 3 atom stereocenters. The first kappa shape index (κ1) is 13.5. The zero-order valence-electron chi connectivity index (χ0n) is 10.0. The van der Waals surface area contributed by atoms with Gasteiger partial charge >= 0.3 is 5.97 Å². The van der Waals surface area contributed by atoms with Gasteiger partial charge in [-0.15, -0.1) is 0 Å². The van der Waals surface area contributed by atoms with Gasteiger partial charge in [0.2, 0.25) is 0 Å². The molecule has 1 aliphatic carbocycles. The Morgan fingerprint density at radius 1 is 1.56 bits per heavy atom. The van der Waals surface area contributed by atoms with Crippen LogP contribution in [0.1, 0.15) is 45.4 Å². The quantitative estimate of drug-likeness (QED) is 0.695. The number of nitrogens with two attached hydrogens (primary N) is 1. The predicted molar refractivity (Wildman–Crippen MR) is 61.8 cm³/mol. The zero-order valence-corrected chi connectivity index (χ0v) is 10.0. The van der Waals surface area contributed by atoms with Gasteiger partial charge in [-0.3, -0.25) is 4.79 Å². The molecule has 0 aromatic carbocycles. The Balaban J connectivity index is 2.22. The van der Waals surface area contributed by atoms with Crippen molar-refractivity contribution >= 4 is 5.97 Å². The Morgan fingerprint density at radius 2 is 2.31 bits per heavy atom. The molecule has 1 saturated carbocycles. The van der Waals surface area contributed by atoms with Crippen LogP contribution in [0.5, 0.6) is 0 Å². The highest BCUT2D eigenvalue weighted by Gasteiger charge is 2.22. The standard InChI is InChI=1S/C12H23NO3/c1-9(5-6-14)7-12(15)16-11-4-2-3-10(13)8-11/h9-11,14H,2-8,13H2,1H3. The van der Waals surface area contributed by atoms with Crippen LogP contribution < -0.4 is 5.73 Å². The maximum atomic E-state index is 11.6. The van der Waals surface area contributed by atoms with E-state index in [1.807, 2.05) is 6.92 Å². The zero-order chi connectivity index (χ0) is 12.0. The first-order valence-electron chi connectivity index (χ1n) is 6.17. The van der Waals surface area contributed by atoms with E-state index in [-0.39, 0.29) is 30.6 Å². The molecule has 4 heteroatoms. The monoisotopic (exact) mass is 229 g/mol. The van der Waals surface area contributed by atoms with Crippen molar-refractivity contribution in [2.75, 3.05) is 6.61 Å². The van der Waals surface area contributed by atoms with E-state index in [9.17, 15) is 4.79 Å². The van der Waals surface area contributed by atoms with Gasteiger partial charge < -0.3 is 15.6 Å². The minimum Gasteiger partial charge on any atom is -0.462 e. The summed E-state index contributed by atoms with van der Waals surface area (Å²) in [7, 11) is 0. The van der Waals surface area contributed by atoms with Crippen molar-refractivity contribution in [3.8, 4) is 0 Å². The van der Waals surface area contributed by atoms with Crippen molar-refractivity contribution < 1.29 is 14.6 Å². The van der Waals surface area contributed by atoms with E-state index < -0.39 is 0 Å². The highest BCUT2D eigenvalue weighted by molar-refractivity contribution is 5.69. The first-order valence-corrected chi connectivity index (χ1v) is 6.17. The van der Waals surface area contributed by atoms with Crippen molar-refractivity contribution in [2.24, 2.45) is 11.7 Å². The lowest BCUT2D eigenvalue weighted by atomic mass is 9.93. The van der Waals surface area contributed by atoms with Crippen molar-refractivity contribution in [1.82, 2.24) is 0 Å². The van der Waals surface area contributed by atoms with Crippen molar-refractivity contribution in [3.63, 3.8) is 0 Å². The Kier molecular flexibility index (Phi) is 5.77. The molecule has 3 unspecified atom stereocenters. The van der Waals surface area contributed by atoms with Gasteiger partial charge in [-0.2, -0.15) is 0 Å². The summed E-state index contributed by atoms with van der Waals surface area (Å²) in [6, 6.07) is 0.182. The largest absolute Gasteiger partial charge is 0.462 e. The first-order chi connectivity index (χ1) is 7.61. The van der Waals surface area contributed by atoms with Crippen LogP contribution in [0.15, 0.2) is 0 Å². The van der Waals surface area contributed by atoms with Crippen molar-refractivity contribution in [1.29, 1.82) is 0 Å². The summed E-state index contributed by atoms with van der Waals surface area (Å²) in [6.45, 7) is 2.08. The van der Waals surface area contributed by atoms with E-state index in [4.69, 9.17) is 15.6 Å². The van der Waals surface area contributed by atoms with Crippen LogP contribution in [0.4, 0.5) is 0 Å². The van der Waals surface area contributed by atoms with Gasteiger partial charge in [0.15, 0.2) is 0 Å². The molecular weight excluding hydrogens is 206 g/mol. The number of esters is 1. The molecule has 0 spiro atoms. The highest BCUT2D eigenvalue weighted by atomic mass is 16.5.